The normalized spacial score (nSPS) is 10.3. The number of aryl methyl sites for hydroxylation is 1. The molecule has 0 amide bonds. The molecule has 0 atom stereocenters. The number of methoxy groups -OCH3 is 2. The molecule has 0 spiro atoms. The van der Waals surface area contributed by atoms with Crippen molar-refractivity contribution in [1.82, 2.24) is 4.98 Å². The molecule has 0 bridgehead atoms. The monoisotopic (exact) mass is 259 g/mol. The van der Waals surface area contributed by atoms with Crippen LogP contribution < -0.4 is 4.74 Å². The molecule has 0 radical (unpaired) electrons. The molecule has 0 aliphatic rings. The number of ether oxygens (including phenoxy) is 2. The Morgan fingerprint density at radius 2 is 2.11 bits per heavy atom. The molecule has 1 heterocycles. The van der Waals surface area contributed by atoms with Crippen molar-refractivity contribution < 1.29 is 14.3 Å². The molecule has 1 aromatic heterocycles. The molecule has 4 heteroatoms. The fraction of sp³-hybridized carbons (Fsp3) is 0.267. The van der Waals surface area contributed by atoms with E-state index >= 15 is 0 Å². The molecular weight excluding hydrogens is 242 g/mol. The van der Waals surface area contributed by atoms with E-state index in [1.165, 1.54) is 7.11 Å². The number of rotatable bonds is 4. The molecule has 0 aliphatic heterocycles. The maximum absolute atomic E-state index is 11.8. The van der Waals surface area contributed by atoms with E-state index in [9.17, 15) is 4.79 Å². The van der Waals surface area contributed by atoms with Gasteiger partial charge in [-0.2, -0.15) is 0 Å². The molecule has 19 heavy (non-hydrogen) atoms. The van der Waals surface area contributed by atoms with Crippen molar-refractivity contribution in [2.24, 2.45) is 0 Å². The Morgan fingerprint density at radius 1 is 1.32 bits per heavy atom. The largest absolute Gasteiger partial charge is 0.497 e. The number of H-pyrrole nitrogens is 1. The predicted octanol–water partition coefficient (Wildman–Crippen LogP) is 2.71. The minimum Gasteiger partial charge on any atom is -0.497 e. The first-order chi connectivity index (χ1) is 9.15. The SMILES string of the molecule is COC(=O)c1c(Cc2cccc(OC)c2)c[nH]c1C. The van der Waals surface area contributed by atoms with Gasteiger partial charge in [0.25, 0.3) is 0 Å². The van der Waals surface area contributed by atoms with Crippen LogP contribution in [0.4, 0.5) is 0 Å². The third-order valence-corrected chi connectivity index (χ3v) is 3.08. The van der Waals surface area contributed by atoms with Crippen molar-refractivity contribution in [3.63, 3.8) is 0 Å². The number of aromatic nitrogens is 1. The van der Waals surface area contributed by atoms with E-state index in [2.05, 4.69) is 4.98 Å². The summed E-state index contributed by atoms with van der Waals surface area (Å²) in [5.74, 6) is 0.501. The fourth-order valence-electron chi connectivity index (χ4n) is 2.11. The summed E-state index contributed by atoms with van der Waals surface area (Å²) in [6.07, 6.45) is 2.51. The standard InChI is InChI=1S/C15H17NO3/c1-10-14(15(17)19-3)12(9-16-10)7-11-5-4-6-13(8-11)18-2/h4-6,8-9,16H,7H2,1-3H3. The van der Waals surface area contributed by atoms with E-state index in [0.717, 1.165) is 22.6 Å². The van der Waals surface area contributed by atoms with Gasteiger partial charge >= 0.3 is 5.97 Å². The minimum atomic E-state index is -0.309. The van der Waals surface area contributed by atoms with Crippen LogP contribution in [0, 0.1) is 6.92 Å². The lowest BCUT2D eigenvalue weighted by Gasteiger charge is -2.06. The van der Waals surface area contributed by atoms with E-state index in [4.69, 9.17) is 9.47 Å². The van der Waals surface area contributed by atoms with Crippen LogP contribution >= 0.6 is 0 Å². The topological polar surface area (TPSA) is 51.3 Å². The lowest BCUT2D eigenvalue weighted by Crippen LogP contribution is -2.05. The van der Waals surface area contributed by atoms with Gasteiger partial charge in [-0.1, -0.05) is 12.1 Å². The summed E-state index contributed by atoms with van der Waals surface area (Å²) in [4.78, 5) is 14.8. The zero-order valence-corrected chi connectivity index (χ0v) is 11.3. The number of hydrogen-bond donors (Lipinski definition) is 1. The molecule has 2 aromatic rings. The van der Waals surface area contributed by atoms with Crippen LogP contribution in [0.15, 0.2) is 30.5 Å². The van der Waals surface area contributed by atoms with E-state index in [0.29, 0.717) is 12.0 Å². The van der Waals surface area contributed by atoms with Crippen LogP contribution in [-0.4, -0.2) is 25.2 Å². The van der Waals surface area contributed by atoms with Gasteiger partial charge in [-0.15, -0.1) is 0 Å². The average Bonchev–Trinajstić information content (AvgIpc) is 2.79. The van der Waals surface area contributed by atoms with Gasteiger partial charge in [-0.3, -0.25) is 0 Å². The van der Waals surface area contributed by atoms with Gasteiger partial charge in [0.05, 0.1) is 19.8 Å². The van der Waals surface area contributed by atoms with E-state index < -0.39 is 0 Å². The molecule has 2 rings (SSSR count). The highest BCUT2D eigenvalue weighted by atomic mass is 16.5. The molecule has 100 valence electrons. The molecular formula is C15H17NO3. The van der Waals surface area contributed by atoms with Gasteiger partial charge in [0, 0.05) is 11.9 Å². The number of carbonyl (C=O) groups is 1. The number of aromatic amines is 1. The van der Waals surface area contributed by atoms with Crippen LogP contribution in [0.2, 0.25) is 0 Å². The second kappa shape index (κ2) is 5.61. The van der Waals surface area contributed by atoms with Crippen LogP contribution in [0.5, 0.6) is 5.75 Å². The molecule has 4 nitrogen and oxygen atoms in total. The van der Waals surface area contributed by atoms with Crippen molar-refractivity contribution in [3.05, 3.63) is 52.8 Å². The number of nitrogens with one attached hydrogen (secondary N) is 1. The second-order valence-corrected chi connectivity index (χ2v) is 4.33. The summed E-state index contributed by atoms with van der Waals surface area (Å²) in [5.41, 5.74) is 3.45. The van der Waals surface area contributed by atoms with Crippen LogP contribution in [-0.2, 0) is 11.2 Å². The Balaban J connectivity index is 2.30. The van der Waals surface area contributed by atoms with Gasteiger partial charge in [-0.05, 0) is 36.6 Å². The molecule has 0 aliphatic carbocycles. The number of esters is 1. The van der Waals surface area contributed by atoms with Crippen LogP contribution in [0.25, 0.3) is 0 Å². The summed E-state index contributed by atoms with van der Waals surface area (Å²) in [5, 5.41) is 0. The summed E-state index contributed by atoms with van der Waals surface area (Å²) < 4.78 is 10.0. The van der Waals surface area contributed by atoms with Gasteiger partial charge in [0.2, 0.25) is 0 Å². The van der Waals surface area contributed by atoms with E-state index in [1.54, 1.807) is 7.11 Å². The predicted molar refractivity (Wildman–Crippen MR) is 72.7 cm³/mol. The highest BCUT2D eigenvalue weighted by molar-refractivity contribution is 5.92. The Hall–Kier alpha value is -2.23. The number of carbonyl (C=O) groups excluding carboxylic acids is 1. The van der Waals surface area contributed by atoms with Crippen molar-refractivity contribution in [2.75, 3.05) is 14.2 Å². The smallest absolute Gasteiger partial charge is 0.339 e. The van der Waals surface area contributed by atoms with Crippen LogP contribution in [0.3, 0.4) is 0 Å². The third kappa shape index (κ3) is 2.78. The number of hydrogen-bond acceptors (Lipinski definition) is 3. The Morgan fingerprint density at radius 3 is 2.79 bits per heavy atom. The highest BCUT2D eigenvalue weighted by Gasteiger charge is 2.16. The summed E-state index contributed by atoms with van der Waals surface area (Å²) >= 11 is 0. The summed E-state index contributed by atoms with van der Waals surface area (Å²) in [7, 11) is 3.03. The van der Waals surface area contributed by atoms with Crippen molar-refractivity contribution in [1.29, 1.82) is 0 Å². The van der Waals surface area contributed by atoms with Crippen LogP contribution in [0.1, 0.15) is 27.2 Å². The quantitative estimate of drug-likeness (QED) is 0.859. The maximum Gasteiger partial charge on any atom is 0.339 e. The zero-order valence-electron chi connectivity index (χ0n) is 11.3. The Labute approximate surface area is 112 Å². The highest BCUT2D eigenvalue weighted by Crippen LogP contribution is 2.21. The second-order valence-electron chi connectivity index (χ2n) is 4.33. The lowest BCUT2D eigenvalue weighted by molar-refractivity contribution is 0.0599. The molecule has 0 saturated heterocycles. The first kappa shape index (κ1) is 13.2. The summed E-state index contributed by atoms with van der Waals surface area (Å²) in [6.45, 7) is 1.86. The van der Waals surface area contributed by atoms with Crippen molar-refractivity contribution >= 4 is 5.97 Å². The van der Waals surface area contributed by atoms with Gasteiger partial charge in [-0.25, -0.2) is 4.79 Å². The minimum absolute atomic E-state index is 0.309. The molecule has 0 saturated carbocycles. The van der Waals surface area contributed by atoms with E-state index in [-0.39, 0.29) is 5.97 Å². The maximum atomic E-state index is 11.8. The van der Waals surface area contributed by atoms with Crippen molar-refractivity contribution in [2.45, 2.75) is 13.3 Å². The molecule has 1 aromatic carbocycles. The lowest BCUT2D eigenvalue weighted by atomic mass is 10.0. The fourth-order valence-corrected chi connectivity index (χ4v) is 2.11. The average molecular weight is 259 g/mol. The molecule has 0 fully saturated rings. The molecule has 0 unspecified atom stereocenters. The Bertz CT molecular complexity index is 587. The Kier molecular flexibility index (Phi) is 3.90. The zero-order chi connectivity index (χ0) is 13.8. The summed E-state index contributed by atoms with van der Waals surface area (Å²) in [6, 6.07) is 7.80. The van der Waals surface area contributed by atoms with Gasteiger partial charge in [0.1, 0.15) is 5.75 Å². The van der Waals surface area contributed by atoms with Gasteiger partial charge < -0.3 is 14.5 Å². The first-order valence-corrected chi connectivity index (χ1v) is 6.03. The van der Waals surface area contributed by atoms with Gasteiger partial charge in [0.15, 0.2) is 0 Å². The van der Waals surface area contributed by atoms with E-state index in [1.807, 2.05) is 37.4 Å². The van der Waals surface area contributed by atoms with Crippen molar-refractivity contribution in [3.8, 4) is 5.75 Å². The third-order valence-electron chi connectivity index (χ3n) is 3.08. The molecule has 1 N–H and O–H groups in total. The number of benzene rings is 1. The first-order valence-electron chi connectivity index (χ1n) is 6.03.